The van der Waals surface area contributed by atoms with Crippen molar-refractivity contribution in [2.75, 3.05) is 26.2 Å². The molecule has 1 aromatic heterocycles. The lowest BCUT2D eigenvalue weighted by molar-refractivity contribution is 0.183. The molecule has 1 aromatic carbocycles. The average Bonchev–Trinajstić information content (AvgIpc) is 2.58. The molecule has 0 bridgehead atoms. The van der Waals surface area contributed by atoms with Crippen LogP contribution in [0.1, 0.15) is 30.4 Å². The van der Waals surface area contributed by atoms with Crippen LogP contribution < -0.4 is 4.74 Å². The fourth-order valence-corrected chi connectivity index (χ4v) is 2.92. The van der Waals surface area contributed by atoms with E-state index in [0.717, 1.165) is 25.3 Å². The van der Waals surface area contributed by atoms with Crippen LogP contribution in [0.15, 0.2) is 48.8 Å². The van der Waals surface area contributed by atoms with Crippen molar-refractivity contribution in [3.8, 4) is 5.75 Å². The molecule has 0 spiro atoms. The topological polar surface area (TPSA) is 25.4 Å². The summed E-state index contributed by atoms with van der Waals surface area (Å²) in [6.07, 6.45) is 8.70. The maximum atomic E-state index is 5.86. The average molecular weight is 296 g/mol. The predicted octanol–water partition coefficient (Wildman–Crippen LogP) is 3.54. The van der Waals surface area contributed by atoms with Gasteiger partial charge < -0.3 is 4.74 Å². The third kappa shape index (κ3) is 4.57. The van der Waals surface area contributed by atoms with Gasteiger partial charge in [-0.15, -0.1) is 0 Å². The minimum atomic E-state index is 0.780. The molecule has 1 saturated heterocycles. The summed E-state index contributed by atoms with van der Waals surface area (Å²) in [5.74, 6) is 0.965. The molecule has 0 aliphatic carbocycles. The fraction of sp³-hybridized carbons (Fsp3) is 0.421. The molecule has 1 aliphatic heterocycles. The Labute approximate surface area is 132 Å². The Morgan fingerprint density at radius 1 is 0.955 bits per heavy atom. The first-order chi connectivity index (χ1) is 10.9. The van der Waals surface area contributed by atoms with Gasteiger partial charge >= 0.3 is 0 Å². The van der Waals surface area contributed by atoms with Crippen molar-refractivity contribution in [3.63, 3.8) is 0 Å². The number of likely N-dealkylation sites (tertiary alicyclic amines) is 1. The zero-order valence-electron chi connectivity index (χ0n) is 13.1. The van der Waals surface area contributed by atoms with Crippen molar-refractivity contribution in [2.45, 2.75) is 25.7 Å². The molecule has 1 aliphatic rings. The van der Waals surface area contributed by atoms with Crippen molar-refractivity contribution < 1.29 is 4.74 Å². The maximum absolute atomic E-state index is 5.86. The molecular weight excluding hydrogens is 272 g/mol. The minimum absolute atomic E-state index is 0.780. The van der Waals surface area contributed by atoms with Gasteiger partial charge in [0.1, 0.15) is 12.4 Å². The quantitative estimate of drug-likeness (QED) is 0.815. The first-order valence-electron chi connectivity index (χ1n) is 8.23. The summed E-state index contributed by atoms with van der Waals surface area (Å²) in [4.78, 5) is 6.65. The zero-order valence-corrected chi connectivity index (χ0v) is 13.1. The van der Waals surface area contributed by atoms with Crippen molar-refractivity contribution >= 4 is 0 Å². The molecule has 1 fully saturated rings. The molecule has 2 aromatic rings. The van der Waals surface area contributed by atoms with Crippen LogP contribution in [-0.4, -0.2) is 36.1 Å². The summed E-state index contributed by atoms with van der Waals surface area (Å²) >= 11 is 0. The van der Waals surface area contributed by atoms with Gasteiger partial charge in [-0.2, -0.15) is 0 Å². The molecular formula is C19H24N2O. The third-order valence-corrected chi connectivity index (χ3v) is 4.18. The van der Waals surface area contributed by atoms with E-state index in [-0.39, 0.29) is 0 Å². The Kier molecular flexibility index (Phi) is 5.43. The zero-order chi connectivity index (χ0) is 15.0. The standard InChI is InChI=1S/C19H24N2O/c1-2-11-21(12-3-1)13-14-22-19-8-6-17(7-9-19)15-18-5-4-10-20-16-18/h4-10,16H,1-3,11-15H2. The number of nitrogens with zero attached hydrogens (tertiary/aromatic N) is 2. The predicted molar refractivity (Wildman–Crippen MR) is 89.3 cm³/mol. The van der Waals surface area contributed by atoms with E-state index in [1.165, 1.54) is 43.5 Å². The first kappa shape index (κ1) is 15.0. The molecule has 116 valence electrons. The van der Waals surface area contributed by atoms with E-state index < -0.39 is 0 Å². The number of benzene rings is 1. The van der Waals surface area contributed by atoms with Gasteiger partial charge in [0.15, 0.2) is 0 Å². The monoisotopic (exact) mass is 296 g/mol. The number of aromatic nitrogens is 1. The molecule has 0 amide bonds. The van der Waals surface area contributed by atoms with E-state index in [0.29, 0.717) is 0 Å². The molecule has 0 N–H and O–H groups in total. The van der Waals surface area contributed by atoms with E-state index in [1.807, 2.05) is 18.5 Å². The van der Waals surface area contributed by atoms with E-state index in [9.17, 15) is 0 Å². The van der Waals surface area contributed by atoms with E-state index in [1.54, 1.807) is 0 Å². The van der Waals surface area contributed by atoms with Gasteiger partial charge in [-0.25, -0.2) is 0 Å². The Balaban J connectivity index is 1.45. The van der Waals surface area contributed by atoms with Crippen LogP contribution in [0.2, 0.25) is 0 Å². The number of rotatable bonds is 6. The number of piperidine rings is 1. The van der Waals surface area contributed by atoms with Crippen LogP contribution >= 0.6 is 0 Å². The molecule has 3 nitrogen and oxygen atoms in total. The van der Waals surface area contributed by atoms with Gasteiger partial charge in [-0.05, 0) is 61.7 Å². The molecule has 0 saturated carbocycles. The minimum Gasteiger partial charge on any atom is -0.492 e. The van der Waals surface area contributed by atoms with Gasteiger partial charge in [0.25, 0.3) is 0 Å². The highest BCUT2D eigenvalue weighted by Crippen LogP contribution is 2.15. The number of pyridine rings is 1. The van der Waals surface area contributed by atoms with Crippen LogP contribution in [0, 0.1) is 0 Å². The van der Waals surface area contributed by atoms with Crippen molar-refractivity contribution in [3.05, 3.63) is 59.9 Å². The smallest absolute Gasteiger partial charge is 0.119 e. The fourth-order valence-electron chi connectivity index (χ4n) is 2.92. The Morgan fingerprint density at radius 3 is 2.50 bits per heavy atom. The second kappa shape index (κ2) is 7.95. The van der Waals surface area contributed by atoms with Crippen LogP contribution in [0.25, 0.3) is 0 Å². The van der Waals surface area contributed by atoms with Crippen molar-refractivity contribution in [2.24, 2.45) is 0 Å². The lowest BCUT2D eigenvalue weighted by Gasteiger charge is -2.26. The highest BCUT2D eigenvalue weighted by Gasteiger charge is 2.09. The molecule has 22 heavy (non-hydrogen) atoms. The Morgan fingerprint density at radius 2 is 1.77 bits per heavy atom. The largest absolute Gasteiger partial charge is 0.492 e. The Bertz CT molecular complexity index is 547. The summed E-state index contributed by atoms with van der Waals surface area (Å²) in [5.41, 5.74) is 2.53. The lowest BCUT2D eigenvalue weighted by Crippen LogP contribution is -2.33. The SMILES string of the molecule is c1cncc(Cc2ccc(OCCN3CCCCC3)cc2)c1. The Hall–Kier alpha value is -1.87. The number of hydrogen-bond acceptors (Lipinski definition) is 3. The highest BCUT2D eigenvalue weighted by molar-refractivity contribution is 5.30. The summed E-state index contributed by atoms with van der Waals surface area (Å²) in [6.45, 7) is 4.28. The molecule has 3 rings (SSSR count). The molecule has 0 atom stereocenters. The van der Waals surface area contributed by atoms with Gasteiger partial charge in [0.05, 0.1) is 0 Å². The number of hydrogen-bond donors (Lipinski definition) is 0. The first-order valence-corrected chi connectivity index (χ1v) is 8.23. The lowest BCUT2D eigenvalue weighted by atomic mass is 10.1. The molecule has 3 heteroatoms. The van der Waals surface area contributed by atoms with E-state index in [2.05, 4.69) is 40.2 Å². The molecule has 0 unspecified atom stereocenters. The van der Waals surface area contributed by atoms with Crippen LogP contribution in [0.5, 0.6) is 5.75 Å². The summed E-state index contributed by atoms with van der Waals surface area (Å²) in [5, 5.41) is 0. The summed E-state index contributed by atoms with van der Waals surface area (Å²) in [7, 11) is 0. The van der Waals surface area contributed by atoms with E-state index in [4.69, 9.17) is 4.74 Å². The van der Waals surface area contributed by atoms with Crippen LogP contribution in [0.4, 0.5) is 0 Å². The summed E-state index contributed by atoms with van der Waals surface area (Å²) < 4.78 is 5.86. The normalized spacial score (nSPS) is 15.6. The van der Waals surface area contributed by atoms with E-state index >= 15 is 0 Å². The van der Waals surface area contributed by atoms with Crippen molar-refractivity contribution in [1.29, 1.82) is 0 Å². The highest BCUT2D eigenvalue weighted by atomic mass is 16.5. The second-order valence-electron chi connectivity index (χ2n) is 5.93. The summed E-state index contributed by atoms with van der Waals surface area (Å²) in [6, 6.07) is 12.5. The number of ether oxygens (including phenoxy) is 1. The van der Waals surface area contributed by atoms with Gasteiger partial charge in [-0.1, -0.05) is 24.6 Å². The van der Waals surface area contributed by atoms with Gasteiger partial charge in [0.2, 0.25) is 0 Å². The van der Waals surface area contributed by atoms with Crippen LogP contribution in [0.3, 0.4) is 0 Å². The maximum Gasteiger partial charge on any atom is 0.119 e. The second-order valence-corrected chi connectivity index (χ2v) is 5.93. The van der Waals surface area contributed by atoms with Crippen molar-refractivity contribution in [1.82, 2.24) is 9.88 Å². The van der Waals surface area contributed by atoms with Gasteiger partial charge in [-0.3, -0.25) is 9.88 Å². The molecule has 2 heterocycles. The van der Waals surface area contributed by atoms with Gasteiger partial charge in [0, 0.05) is 18.9 Å². The third-order valence-electron chi connectivity index (χ3n) is 4.18. The van der Waals surface area contributed by atoms with Crippen LogP contribution in [-0.2, 0) is 6.42 Å². The molecule has 0 radical (unpaired) electrons.